The number of primary amides is 1. The fraction of sp³-hybridized carbons (Fsp3) is 0.700. The third kappa shape index (κ3) is 10.3. The molecule has 0 aromatic carbocycles. The molecule has 0 spiro atoms. The molecule has 13 heteroatoms. The van der Waals surface area contributed by atoms with Gasteiger partial charge in [0, 0.05) is 0 Å². The van der Waals surface area contributed by atoms with Crippen molar-refractivity contribution >= 4 is 35.6 Å². The normalized spacial score (nSPS) is 16.3. The highest BCUT2D eigenvalue weighted by Crippen LogP contribution is 2.13. The van der Waals surface area contributed by atoms with Crippen LogP contribution in [0.2, 0.25) is 0 Å². The van der Waals surface area contributed by atoms with Gasteiger partial charge in [0.15, 0.2) is 0 Å². The van der Waals surface area contributed by atoms with Crippen LogP contribution in [-0.2, 0) is 28.8 Å². The molecule has 0 heterocycles. The zero-order chi connectivity index (χ0) is 25.9. The van der Waals surface area contributed by atoms with Gasteiger partial charge >= 0.3 is 11.9 Å². The number of rotatable bonds is 15. The summed E-state index contributed by atoms with van der Waals surface area (Å²) in [4.78, 5) is 71.3. The highest BCUT2D eigenvalue weighted by molar-refractivity contribution is 5.95. The Morgan fingerprint density at radius 3 is 1.55 bits per heavy atom. The third-order valence-electron chi connectivity index (χ3n) is 5.34. The number of hydrogen-bond acceptors (Lipinski definition) is 7. The number of carbonyl (C=O) groups is 6. The van der Waals surface area contributed by atoms with Crippen molar-refractivity contribution in [3.05, 3.63) is 0 Å². The lowest BCUT2D eigenvalue weighted by molar-refractivity contribution is -0.147. The van der Waals surface area contributed by atoms with E-state index in [-0.39, 0.29) is 5.92 Å². The Hall–Kier alpha value is -3.22. The second-order valence-corrected chi connectivity index (χ2v) is 8.02. The lowest BCUT2D eigenvalue weighted by Crippen LogP contribution is -2.60. The third-order valence-corrected chi connectivity index (χ3v) is 5.34. The van der Waals surface area contributed by atoms with E-state index in [1.54, 1.807) is 27.7 Å². The Labute approximate surface area is 192 Å². The van der Waals surface area contributed by atoms with Gasteiger partial charge in [0.25, 0.3) is 0 Å². The molecule has 0 aromatic rings. The first-order valence-corrected chi connectivity index (χ1v) is 10.6. The molecule has 0 aliphatic carbocycles. The number of aliphatic carboxylic acids is 2. The highest BCUT2D eigenvalue weighted by Gasteiger charge is 2.34. The van der Waals surface area contributed by atoms with Gasteiger partial charge in [-0.05, 0) is 11.8 Å². The molecule has 0 rings (SSSR count). The Balaban J connectivity index is 5.64. The van der Waals surface area contributed by atoms with E-state index in [0.717, 1.165) is 0 Å². The molecule has 0 aromatic heterocycles. The number of carboxylic acid groups (broad SMARTS) is 2. The molecule has 0 aliphatic heterocycles. The lowest BCUT2D eigenvalue weighted by atomic mass is 9.94. The van der Waals surface area contributed by atoms with Crippen molar-refractivity contribution < 1.29 is 39.0 Å². The number of hydrogen-bond donors (Lipinski definition) is 7. The van der Waals surface area contributed by atoms with Gasteiger partial charge < -0.3 is 37.6 Å². The van der Waals surface area contributed by atoms with Gasteiger partial charge in [0.1, 0.15) is 18.1 Å². The monoisotopic (exact) mass is 473 g/mol. The number of carbonyl (C=O) groups excluding carboxylic acids is 4. The van der Waals surface area contributed by atoms with Crippen molar-refractivity contribution in [3.63, 3.8) is 0 Å². The van der Waals surface area contributed by atoms with Crippen LogP contribution in [0.4, 0.5) is 0 Å². The smallest absolute Gasteiger partial charge is 0.326 e. The molecular weight excluding hydrogens is 438 g/mol. The average Bonchev–Trinajstić information content (AvgIpc) is 2.72. The van der Waals surface area contributed by atoms with Crippen molar-refractivity contribution in [2.75, 3.05) is 0 Å². The summed E-state index contributed by atoms with van der Waals surface area (Å²) in [5, 5.41) is 25.2. The largest absolute Gasteiger partial charge is 0.481 e. The molecule has 9 N–H and O–H groups in total. The summed E-state index contributed by atoms with van der Waals surface area (Å²) in [5.74, 6) is -6.92. The van der Waals surface area contributed by atoms with Gasteiger partial charge in [-0.1, -0.05) is 40.5 Å². The van der Waals surface area contributed by atoms with Crippen molar-refractivity contribution in [1.29, 1.82) is 0 Å². The maximum Gasteiger partial charge on any atom is 0.326 e. The van der Waals surface area contributed by atoms with E-state index in [0.29, 0.717) is 12.8 Å². The van der Waals surface area contributed by atoms with E-state index >= 15 is 0 Å². The molecule has 6 atom stereocenters. The second-order valence-electron chi connectivity index (χ2n) is 8.02. The lowest BCUT2D eigenvalue weighted by Gasteiger charge is -2.29. The minimum atomic E-state index is -1.68. The van der Waals surface area contributed by atoms with Crippen LogP contribution in [0.5, 0.6) is 0 Å². The van der Waals surface area contributed by atoms with E-state index in [4.69, 9.17) is 16.6 Å². The molecule has 33 heavy (non-hydrogen) atoms. The first-order valence-electron chi connectivity index (χ1n) is 10.6. The summed E-state index contributed by atoms with van der Waals surface area (Å²) < 4.78 is 0. The van der Waals surface area contributed by atoms with Crippen LogP contribution >= 0.6 is 0 Å². The minimum absolute atomic E-state index is 0.380. The Bertz CT molecular complexity index is 744. The summed E-state index contributed by atoms with van der Waals surface area (Å²) in [5.41, 5.74) is 10.7. The van der Waals surface area contributed by atoms with Gasteiger partial charge in [-0.25, -0.2) is 4.79 Å². The van der Waals surface area contributed by atoms with Crippen molar-refractivity contribution in [3.8, 4) is 0 Å². The average molecular weight is 474 g/mol. The van der Waals surface area contributed by atoms with Crippen LogP contribution in [0.3, 0.4) is 0 Å². The van der Waals surface area contributed by atoms with Crippen molar-refractivity contribution in [2.45, 2.75) is 77.5 Å². The van der Waals surface area contributed by atoms with E-state index in [1.807, 2.05) is 0 Å². The number of carboxylic acids is 2. The van der Waals surface area contributed by atoms with E-state index in [9.17, 15) is 33.9 Å². The summed E-state index contributed by atoms with van der Waals surface area (Å²) in [6, 6.07) is -5.24. The maximum absolute atomic E-state index is 13.0. The molecule has 4 amide bonds. The molecule has 0 aliphatic rings. The Morgan fingerprint density at radius 1 is 0.758 bits per heavy atom. The minimum Gasteiger partial charge on any atom is -0.481 e. The predicted molar refractivity (Wildman–Crippen MR) is 116 cm³/mol. The standard InChI is InChI=1S/C20H35N5O8/c1-5-9(3)15(18(30)23-12(20(32)33)8-14(27)28)25-19(31)16(10(4)6-2)24-17(29)11(21)7-13(22)26/h9-12,15-16H,5-8,21H2,1-4H3,(H2,22,26)(H,23,30)(H,24,29)(H,25,31)(H,27,28)(H,32,33). The topological polar surface area (TPSA) is 231 Å². The van der Waals surface area contributed by atoms with Gasteiger partial charge in [-0.15, -0.1) is 0 Å². The number of amides is 4. The molecule has 13 nitrogen and oxygen atoms in total. The van der Waals surface area contributed by atoms with E-state index in [1.165, 1.54) is 0 Å². The van der Waals surface area contributed by atoms with Crippen LogP contribution in [0, 0.1) is 11.8 Å². The molecule has 188 valence electrons. The Morgan fingerprint density at radius 2 is 1.18 bits per heavy atom. The summed E-state index contributed by atoms with van der Waals surface area (Å²) in [7, 11) is 0. The number of nitrogens with one attached hydrogen (secondary N) is 3. The van der Waals surface area contributed by atoms with E-state index < -0.39 is 78.5 Å². The molecule has 0 radical (unpaired) electrons. The summed E-state index contributed by atoms with van der Waals surface area (Å²) in [6.45, 7) is 6.87. The molecule has 0 saturated carbocycles. The van der Waals surface area contributed by atoms with Gasteiger partial charge in [0.05, 0.1) is 18.9 Å². The van der Waals surface area contributed by atoms with Gasteiger partial charge in [-0.3, -0.25) is 24.0 Å². The highest BCUT2D eigenvalue weighted by atomic mass is 16.4. The molecular formula is C20H35N5O8. The summed E-state index contributed by atoms with van der Waals surface area (Å²) >= 11 is 0. The quantitative estimate of drug-likeness (QED) is 0.143. The predicted octanol–water partition coefficient (Wildman–Crippen LogP) is -1.70. The van der Waals surface area contributed by atoms with Crippen LogP contribution in [0.1, 0.15) is 53.4 Å². The summed E-state index contributed by atoms with van der Waals surface area (Å²) in [6.07, 6.45) is -0.355. The SMILES string of the molecule is CCC(C)C(NC(=O)C(N)CC(N)=O)C(=O)NC(C(=O)NC(CC(=O)O)C(=O)O)C(C)CC. The molecule has 0 fully saturated rings. The van der Waals surface area contributed by atoms with Crippen LogP contribution in [0.15, 0.2) is 0 Å². The molecule has 6 unspecified atom stereocenters. The number of nitrogens with two attached hydrogens (primary N) is 2. The second kappa shape index (κ2) is 14.0. The zero-order valence-electron chi connectivity index (χ0n) is 19.3. The van der Waals surface area contributed by atoms with Crippen molar-refractivity contribution in [2.24, 2.45) is 23.3 Å². The van der Waals surface area contributed by atoms with Crippen LogP contribution in [0.25, 0.3) is 0 Å². The first kappa shape index (κ1) is 29.8. The Kier molecular flexibility index (Phi) is 12.7. The van der Waals surface area contributed by atoms with Gasteiger partial charge in [-0.2, -0.15) is 0 Å². The molecule has 0 saturated heterocycles. The maximum atomic E-state index is 13.0. The van der Waals surface area contributed by atoms with Crippen molar-refractivity contribution in [1.82, 2.24) is 16.0 Å². The zero-order valence-corrected chi connectivity index (χ0v) is 19.3. The van der Waals surface area contributed by atoms with E-state index in [2.05, 4.69) is 16.0 Å². The van der Waals surface area contributed by atoms with Crippen LogP contribution in [-0.4, -0.2) is 69.9 Å². The van der Waals surface area contributed by atoms with Gasteiger partial charge in [0.2, 0.25) is 23.6 Å². The molecule has 0 bridgehead atoms. The fourth-order valence-electron chi connectivity index (χ4n) is 2.85. The first-order chi connectivity index (χ1) is 15.2. The fourth-order valence-corrected chi connectivity index (χ4v) is 2.85. The van der Waals surface area contributed by atoms with Crippen LogP contribution < -0.4 is 27.4 Å².